The summed E-state index contributed by atoms with van der Waals surface area (Å²) in [7, 11) is 0. The SMILES string of the molecule is CC(C)CSCC(C)(C)N. The fraction of sp³-hybridized carbons (Fsp3) is 1.00. The van der Waals surface area contributed by atoms with Gasteiger partial charge >= 0.3 is 0 Å². The summed E-state index contributed by atoms with van der Waals surface area (Å²) in [6.45, 7) is 8.60. The molecule has 0 saturated heterocycles. The van der Waals surface area contributed by atoms with Crippen LogP contribution in [-0.2, 0) is 0 Å². The molecule has 0 rings (SSSR count). The summed E-state index contributed by atoms with van der Waals surface area (Å²) < 4.78 is 0. The maximum Gasteiger partial charge on any atom is 0.0188 e. The molecule has 0 atom stereocenters. The summed E-state index contributed by atoms with van der Waals surface area (Å²) in [5.74, 6) is 3.07. The molecule has 0 bridgehead atoms. The van der Waals surface area contributed by atoms with Gasteiger partial charge in [-0.2, -0.15) is 11.8 Å². The molecule has 0 unspecified atom stereocenters. The fourth-order valence-corrected chi connectivity index (χ4v) is 1.67. The molecule has 0 aromatic carbocycles. The van der Waals surface area contributed by atoms with E-state index in [4.69, 9.17) is 5.73 Å². The second kappa shape index (κ2) is 4.24. The predicted molar refractivity (Wildman–Crippen MR) is 50.4 cm³/mol. The third kappa shape index (κ3) is 8.31. The van der Waals surface area contributed by atoms with Gasteiger partial charge in [0.15, 0.2) is 0 Å². The van der Waals surface area contributed by atoms with Gasteiger partial charge in [0.25, 0.3) is 0 Å². The van der Waals surface area contributed by atoms with E-state index >= 15 is 0 Å². The summed E-state index contributed by atoms with van der Waals surface area (Å²) in [5.41, 5.74) is 5.80. The third-order valence-corrected chi connectivity index (χ3v) is 2.78. The Balaban J connectivity index is 3.21. The van der Waals surface area contributed by atoms with Crippen LogP contribution in [0.25, 0.3) is 0 Å². The standard InChI is InChI=1S/C8H19NS/c1-7(2)5-10-6-8(3,4)9/h7H,5-6,9H2,1-4H3. The number of hydrogen-bond donors (Lipinski definition) is 1. The van der Waals surface area contributed by atoms with Crippen LogP contribution in [0.1, 0.15) is 27.7 Å². The zero-order chi connectivity index (χ0) is 8.20. The van der Waals surface area contributed by atoms with Gasteiger partial charge in [0.2, 0.25) is 0 Å². The maximum atomic E-state index is 5.80. The molecule has 0 aliphatic rings. The first-order chi connectivity index (χ1) is 4.42. The minimum Gasteiger partial charge on any atom is -0.325 e. The Hall–Kier alpha value is 0.310. The van der Waals surface area contributed by atoms with E-state index in [0.717, 1.165) is 11.7 Å². The molecule has 2 heteroatoms. The molecular formula is C8H19NS. The smallest absolute Gasteiger partial charge is 0.0188 e. The van der Waals surface area contributed by atoms with Crippen molar-refractivity contribution < 1.29 is 0 Å². The van der Waals surface area contributed by atoms with Crippen molar-refractivity contribution in [1.29, 1.82) is 0 Å². The Bertz CT molecular complexity index is 83.7. The van der Waals surface area contributed by atoms with Crippen LogP contribution in [0, 0.1) is 5.92 Å². The molecule has 10 heavy (non-hydrogen) atoms. The van der Waals surface area contributed by atoms with Crippen LogP contribution in [-0.4, -0.2) is 17.0 Å². The average Bonchev–Trinajstić information content (AvgIpc) is 1.59. The van der Waals surface area contributed by atoms with Crippen molar-refractivity contribution in [3.8, 4) is 0 Å². The Morgan fingerprint density at radius 3 is 2.20 bits per heavy atom. The van der Waals surface area contributed by atoms with Gasteiger partial charge in [0.05, 0.1) is 0 Å². The molecule has 0 amide bonds. The summed E-state index contributed by atoms with van der Waals surface area (Å²) in [4.78, 5) is 0. The van der Waals surface area contributed by atoms with Gasteiger partial charge in [0.1, 0.15) is 0 Å². The minimum absolute atomic E-state index is 0.000440. The van der Waals surface area contributed by atoms with Crippen molar-refractivity contribution in [1.82, 2.24) is 0 Å². The average molecular weight is 161 g/mol. The molecule has 0 spiro atoms. The number of hydrogen-bond acceptors (Lipinski definition) is 2. The second-order valence-corrected chi connectivity index (χ2v) is 4.93. The van der Waals surface area contributed by atoms with Crippen LogP contribution in [0.5, 0.6) is 0 Å². The Labute approximate surface area is 68.8 Å². The molecule has 0 fully saturated rings. The van der Waals surface area contributed by atoms with Gasteiger partial charge in [-0.05, 0) is 25.5 Å². The van der Waals surface area contributed by atoms with Crippen LogP contribution < -0.4 is 5.73 Å². The topological polar surface area (TPSA) is 26.0 Å². The van der Waals surface area contributed by atoms with E-state index in [1.54, 1.807) is 0 Å². The van der Waals surface area contributed by atoms with Crippen molar-refractivity contribution >= 4 is 11.8 Å². The van der Waals surface area contributed by atoms with Crippen LogP contribution in [0.4, 0.5) is 0 Å². The van der Waals surface area contributed by atoms with Gasteiger partial charge in [0, 0.05) is 11.3 Å². The summed E-state index contributed by atoms with van der Waals surface area (Å²) in [6.07, 6.45) is 0. The minimum atomic E-state index is -0.000440. The monoisotopic (exact) mass is 161 g/mol. The highest BCUT2D eigenvalue weighted by Gasteiger charge is 2.09. The maximum absolute atomic E-state index is 5.80. The highest BCUT2D eigenvalue weighted by molar-refractivity contribution is 7.99. The van der Waals surface area contributed by atoms with E-state index in [1.165, 1.54) is 5.75 Å². The summed E-state index contributed by atoms with van der Waals surface area (Å²) in [5, 5.41) is 0. The van der Waals surface area contributed by atoms with Crippen LogP contribution >= 0.6 is 11.8 Å². The zero-order valence-corrected chi connectivity index (χ0v) is 8.29. The first kappa shape index (κ1) is 10.3. The summed E-state index contributed by atoms with van der Waals surface area (Å²) >= 11 is 1.94. The van der Waals surface area contributed by atoms with Crippen LogP contribution in [0.2, 0.25) is 0 Å². The molecule has 2 N–H and O–H groups in total. The van der Waals surface area contributed by atoms with Crippen molar-refractivity contribution in [3.63, 3.8) is 0 Å². The molecule has 0 aliphatic heterocycles. The Morgan fingerprint density at radius 1 is 1.40 bits per heavy atom. The van der Waals surface area contributed by atoms with Gasteiger partial charge in [-0.15, -0.1) is 0 Å². The lowest BCUT2D eigenvalue weighted by molar-refractivity contribution is 0.590. The highest BCUT2D eigenvalue weighted by atomic mass is 32.2. The van der Waals surface area contributed by atoms with Crippen molar-refractivity contribution in [3.05, 3.63) is 0 Å². The van der Waals surface area contributed by atoms with E-state index in [-0.39, 0.29) is 5.54 Å². The van der Waals surface area contributed by atoms with Crippen LogP contribution in [0.15, 0.2) is 0 Å². The van der Waals surface area contributed by atoms with E-state index in [1.807, 2.05) is 11.8 Å². The first-order valence-corrected chi connectivity index (χ1v) is 4.94. The molecule has 1 nitrogen and oxygen atoms in total. The quantitative estimate of drug-likeness (QED) is 0.683. The molecule has 0 aliphatic carbocycles. The number of rotatable bonds is 4. The zero-order valence-electron chi connectivity index (χ0n) is 7.48. The molecule has 0 heterocycles. The lowest BCUT2D eigenvalue weighted by Crippen LogP contribution is -2.34. The molecule has 0 aromatic heterocycles. The van der Waals surface area contributed by atoms with E-state index in [0.29, 0.717) is 0 Å². The van der Waals surface area contributed by atoms with Gasteiger partial charge in [-0.3, -0.25) is 0 Å². The van der Waals surface area contributed by atoms with Crippen molar-refractivity contribution in [2.45, 2.75) is 33.2 Å². The largest absolute Gasteiger partial charge is 0.325 e. The van der Waals surface area contributed by atoms with Gasteiger partial charge in [-0.25, -0.2) is 0 Å². The van der Waals surface area contributed by atoms with Gasteiger partial charge < -0.3 is 5.73 Å². The Kier molecular flexibility index (Phi) is 4.37. The van der Waals surface area contributed by atoms with E-state index < -0.39 is 0 Å². The predicted octanol–water partition coefficient (Wildman–Crippen LogP) is 2.11. The van der Waals surface area contributed by atoms with Crippen molar-refractivity contribution in [2.75, 3.05) is 11.5 Å². The second-order valence-electron chi connectivity index (χ2n) is 3.90. The summed E-state index contributed by atoms with van der Waals surface area (Å²) in [6, 6.07) is 0. The molecule has 0 saturated carbocycles. The van der Waals surface area contributed by atoms with Gasteiger partial charge in [-0.1, -0.05) is 13.8 Å². The number of nitrogens with two attached hydrogens (primary N) is 1. The number of thioether (sulfide) groups is 1. The molecule has 0 aromatic rings. The lowest BCUT2D eigenvalue weighted by Gasteiger charge is -2.17. The highest BCUT2D eigenvalue weighted by Crippen LogP contribution is 2.12. The first-order valence-electron chi connectivity index (χ1n) is 3.78. The van der Waals surface area contributed by atoms with E-state index in [2.05, 4.69) is 27.7 Å². The van der Waals surface area contributed by atoms with E-state index in [9.17, 15) is 0 Å². The Morgan fingerprint density at radius 2 is 1.90 bits per heavy atom. The fourth-order valence-electron chi connectivity index (χ4n) is 0.558. The van der Waals surface area contributed by atoms with Crippen molar-refractivity contribution in [2.24, 2.45) is 11.7 Å². The third-order valence-electron chi connectivity index (χ3n) is 0.925. The molecule has 62 valence electrons. The molecule has 0 radical (unpaired) electrons. The lowest BCUT2D eigenvalue weighted by atomic mass is 10.1. The van der Waals surface area contributed by atoms with Crippen LogP contribution in [0.3, 0.4) is 0 Å². The molecular weight excluding hydrogens is 142 g/mol. The normalized spacial score (nSPS) is 12.6.